The molecule has 0 aliphatic carbocycles. The fraction of sp³-hybridized carbons (Fsp3) is 0.786. The van der Waals surface area contributed by atoms with Crippen LogP contribution in [0.25, 0.3) is 0 Å². The van der Waals surface area contributed by atoms with E-state index in [0.717, 1.165) is 32.1 Å². The largest absolute Gasteiger partial charge is 0.449 e. The SMILES string of the molecule is C=C(C)C(=O)OC(CCCCCCCC)C(F)(F)F. The quantitative estimate of drug-likeness (QED) is 0.345. The van der Waals surface area contributed by atoms with Gasteiger partial charge in [0.2, 0.25) is 0 Å². The first-order valence-corrected chi connectivity index (χ1v) is 6.72. The Bertz CT molecular complexity index is 285. The molecule has 0 N–H and O–H groups in total. The molecule has 1 atom stereocenters. The van der Waals surface area contributed by atoms with Crippen LogP contribution in [0.15, 0.2) is 12.2 Å². The average Bonchev–Trinajstić information content (AvgIpc) is 2.30. The van der Waals surface area contributed by atoms with Crippen LogP contribution in [0, 0.1) is 0 Å². The summed E-state index contributed by atoms with van der Waals surface area (Å²) in [5.74, 6) is -0.978. The molecule has 0 aromatic carbocycles. The molecule has 0 saturated carbocycles. The monoisotopic (exact) mass is 280 g/mol. The second kappa shape index (κ2) is 8.99. The van der Waals surface area contributed by atoms with E-state index in [4.69, 9.17) is 0 Å². The maximum atomic E-state index is 12.7. The zero-order chi connectivity index (χ0) is 14.9. The smallest absolute Gasteiger partial charge is 0.425 e. The normalized spacial score (nSPS) is 13.1. The first kappa shape index (κ1) is 18.0. The van der Waals surface area contributed by atoms with Crippen LogP contribution in [0.4, 0.5) is 13.2 Å². The summed E-state index contributed by atoms with van der Waals surface area (Å²) in [5.41, 5.74) is -0.0165. The molecule has 0 aromatic rings. The van der Waals surface area contributed by atoms with Crippen LogP contribution in [0.2, 0.25) is 0 Å². The van der Waals surface area contributed by atoms with Gasteiger partial charge in [0.25, 0.3) is 0 Å². The maximum absolute atomic E-state index is 12.7. The lowest BCUT2D eigenvalue weighted by Crippen LogP contribution is -2.34. The summed E-state index contributed by atoms with van der Waals surface area (Å²) in [5, 5.41) is 0. The van der Waals surface area contributed by atoms with E-state index >= 15 is 0 Å². The Morgan fingerprint density at radius 2 is 1.68 bits per heavy atom. The Hall–Kier alpha value is -1.00. The molecule has 5 heteroatoms. The van der Waals surface area contributed by atoms with Crippen molar-refractivity contribution >= 4 is 5.97 Å². The topological polar surface area (TPSA) is 26.3 Å². The number of esters is 1. The van der Waals surface area contributed by atoms with Gasteiger partial charge in [-0.3, -0.25) is 0 Å². The van der Waals surface area contributed by atoms with E-state index in [-0.39, 0.29) is 12.0 Å². The van der Waals surface area contributed by atoms with Crippen molar-refractivity contribution in [2.45, 2.75) is 71.1 Å². The molecule has 0 amide bonds. The van der Waals surface area contributed by atoms with Crippen LogP contribution < -0.4 is 0 Å². The van der Waals surface area contributed by atoms with Gasteiger partial charge < -0.3 is 4.74 Å². The summed E-state index contributed by atoms with van der Waals surface area (Å²) in [6, 6.07) is 0. The number of halogens is 3. The summed E-state index contributed by atoms with van der Waals surface area (Å²) in [6.45, 7) is 6.69. The maximum Gasteiger partial charge on any atom is 0.425 e. The molecule has 0 aromatic heterocycles. The molecular formula is C14H23F3O2. The van der Waals surface area contributed by atoms with Crippen molar-refractivity contribution < 1.29 is 22.7 Å². The molecule has 19 heavy (non-hydrogen) atoms. The second-order valence-corrected chi connectivity index (χ2v) is 4.77. The molecule has 0 bridgehead atoms. The molecule has 0 radical (unpaired) electrons. The predicted molar refractivity (Wildman–Crippen MR) is 68.7 cm³/mol. The third-order valence-corrected chi connectivity index (χ3v) is 2.78. The zero-order valence-electron chi connectivity index (χ0n) is 11.7. The van der Waals surface area contributed by atoms with E-state index in [1.54, 1.807) is 0 Å². The molecule has 0 aliphatic rings. The fourth-order valence-corrected chi connectivity index (χ4v) is 1.63. The van der Waals surface area contributed by atoms with Gasteiger partial charge in [-0.15, -0.1) is 0 Å². The summed E-state index contributed by atoms with van der Waals surface area (Å²) >= 11 is 0. The molecule has 1 unspecified atom stereocenters. The van der Waals surface area contributed by atoms with Crippen LogP contribution in [-0.4, -0.2) is 18.2 Å². The third-order valence-electron chi connectivity index (χ3n) is 2.78. The number of carbonyl (C=O) groups is 1. The van der Waals surface area contributed by atoms with Crippen LogP contribution in [-0.2, 0) is 9.53 Å². The highest BCUT2D eigenvalue weighted by atomic mass is 19.4. The number of hydrogen-bond acceptors (Lipinski definition) is 2. The lowest BCUT2D eigenvalue weighted by Gasteiger charge is -2.20. The van der Waals surface area contributed by atoms with Crippen molar-refractivity contribution in [3.8, 4) is 0 Å². The van der Waals surface area contributed by atoms with Crippen molar-refractivity contribution in [3.05, 3.63) is 12.2 Å². The number of unbranched alkanes of at least 4 members (excludes halogenated alkanes) is 5. The minimum atomic E-state index is -4.51. The highest BCUT2D eigenvalue weighted by molar-refractivity contribution is 5.87. The summed E-state index contributed by atoms with van der Waals surface area (Å²) in [4.78, 5) is 11.2. The molecule has 0 aliphatic heterocycles. The van der Waals surface area contributed by atoms with Gasteiger partial charge in [0.05, 0.1) is 0 Å². The Balaban J connectivity index is 4.09. The van der Waals surface area contributed by atoms with Crippen LogP contribution >= 0.6 is 0 Å². The Labute approximate surface area is 113 Å². The second-order valence-electron chi connectivity index (χ2n) is 4.77. The fourth-order valence-electron chi connectivity index (χ4n) is 1.63. The molecule has 0 spiro atoms. The van der Waals surface area contributed by atoms with Gasteiger partial charge in [-0.2, -0.15) is 13.2 Å². The Kier molecular flexibility index (Phi) is 8.52. The molecule has 0 rings (SSSR count). The molecule has 0 saturated heterocycles. The van der Waals surface area contributed by atoms with E-state index in [1.165, 1.54) is 6.92 Å². The minimum absolute atomic E-state index is 0.0165. The summed E-state index contributed by atoms with van der Waals surface area (Å²) < 4.78 is 42.4. The van der Waals surface area contributed by atoms with Crippen LogP contribution in [0.3, 0.4) is 0 Å². The summed E-state index contributed by atoms with van der Waals surface area (Å²) in [6.07, 6.45) is -1.37. The van der Waals surface area contributed by atoms with E-state index in [2.05, 4.69) is 18.2 Å². The number of ether oxygens (including phenoxy) is 1. The van der Waals surface area contributed by atoms with Gasteiger partial charge in [0.1, 0.15) is 0 Å². The lowest BCUT2D eigenvalue weighted by molar-refractivity contribution is -0.220. The zero-order valence-corrected chi connectivity index (χ0v) is 11.7. The van der Waals surface area contributed by atoms with Crippen LogP contribution in [0.5, 0.6) is 0 Å². The van der Waals surface area contributed by atoms with Gasteiger partial charge in [0.15, 0.2) is 6.10 Å². The highest BCUT2D eigenvalue weighted by Gasteiger charge is 2.42. The first-order chi connectivity index (χ1) is 8.79. The van der Waals surface area contributed by atoms with Crippen LogP contribution in [0.1, 0.15) is 58.8 Å². The highest BCUT2D eigenvalue weighted by Crippen LogP contribution is 2.27. The number of rotatable bonds is 9. The third kappa shape index (κ3) is 8.67. The average molecular weight is 280 g/mol. The van der Waals surface area contributed by atoms with Crippen molar-refractivity contribution in [1.82, 2.24) is 0 Å². The van der Waals surface area contributed by atoms with Gasteiger partial charge in [-0.1, -0.05) is 45.6 Å². The van der Waals surface area contributed by atoms with E-state index < -0.39 is 18.2 Å². The number of alkyl halides is 3. The van der Waals surface area contributed by atoms with Crippen molar-refractivity contribution in [2.75, 3.05) is 0 Å². The van der Waals surface area contributed by atoms with E-state index in [9.17, 15) is 18.0 Å². The lowest BCUT2D eigenvalue weighted by atomic mass is 10.1. The van der Waals surface area contributed by atoms with Gasteiger partial charge >= 0.3 is 12.1 Å². The van der Waals surface area contributed by atoms with Gasteiger partial charge in [-0.05, 0) is 19.8 Å². The Morgan fingerprint density at radius 3 is 2.16 bits per heavy atom. The first-order valence-electron chi connectivity index (χ1n) is 6.72. The number of carbonyl (C=O) groups excluding carboxylic acids is 1. The van der Waals surface area contributed by atoms with Gasteiger partial charge in [0, 0.05) is 5.57 Å². The molecule has 2 nitrogen and oxygen atoms in total. The molecular weight excluding hydrogens is 257 g/mol. The molecule has 0 heterocycles. The predicted octanol–water partition coefficient (Wildman–Crippen LogP) is 4.79. The van der Waals surface area contributed by atoms with Crippen molar-refractivity contribution in [1.29, 1.82) is 0 Å². The minimum Gasteiger partial charge on any atom is -0.449 e. The molecule has 0 fully saturated rings. The van der Waals surface area contributed by atoms with E-state index in [1.807, 2.05) is 0 Å². The van der Waals surface area contributed by atoms with E-state index in [0.29, 0.717) is 6.42 Å². The van der Waals surface area contributed by atoms with Crippen molar-refractivity contribution in [2.24, 2.45) is 0 Å². The van der Waals surface area contributed by atoms with Crippen molar-refractivity contribution in [3.63, 3.8) is 0 Å². The van der Waals surface area contributed by atoms with Gasteiger partial charge in [-0.25, -0.2) is 4.79 Å². The standard InChI is InChI=1S/C14H23F3O2/c1-4-5-6-7-8-9-10-12(14(15,16)17)19-13(18)11(2)3/h12H,2,4-10H2,1,3H3. The molecule has 112 valence electrons. The number of hydrogen-bond donors (Lipinski definition) is 0. The summed E-state index contributed by atoms with van der Waals surface area (Å²) in [7, 11) is 0. The Morgan fingerprint density at radius 1 is 1.16 bits per heavy atom.